The van der Waals surface area contributed by atoms with Crippen LogP contribution in [0.2, 0.25) is 5.02 Å². The minimum atomic E-state index is -0.348. The van der Waals surface area contributed by atoms with Crippen molar-refractivity contribution < 1.29 is 4.79 Å². The maximum absolute atomic E-state index is 12.1. The number of hydrogen-bond donors (Lipinski definition) is 3. The number of aromatic nitrogens is 4. The van der Waals surface area contributed by atoms with Crippen LogP contribution in [0.5, 0.6) is 0 Å². The average molecular weight is 353 g/mol. The highest BCUT2D eigenvalue weighted by Gasteiger charge is 2.11. The van der Waals surface area contributed by atoms with Crippen molar-refractivity contribution in [3.05, 3.63) is 50.0 Å². The zero-order chi connectivity index (χ0) is 15.7. The Hall–Kier alpha value is -1.90. The van der Waals surface area contributed by atoms with Gasteiger partial charge in [0.15, 0.2) is 21.4 Å². The largest absolute Gasteiger partial charge is 0.327 e. The number of halogens is 1. The van der Waals surface area contributed by atoms with Gasteiger partial charge in [0.2, 0.25) is 0 Å². The van der Waals surface area contributed by atoms with Crippen LogP contribution in [0.4, 0.5) is 0 Å². The smallest absolute Gasteiger partial charge is 0.277 e. The van der Waals surface area contributed by atoms with Crippen molar-refractivity contribution in [2.24, 2.45) is 0 Å². The maximum atomic E-state index is 12.1. The van der Waals surface area contributed by atoms with Crippen molar-refractivity contribution in [1.82, 2.24) is 19.9 Å². The number of benzene rings is 1. The molecule has 0 saturated heterocycles. The van der Waals surface area contributed by atoms with E-state index in [4.69, 9.17) is 23.8 Å². The summed E-state index contributed by atoms with van der Waals surface area (Å²) in [5, 5.41) is 0.978. The Kier molecular flexibility index (Phi) is 4.14. The monoisotopic (exact) mass is 352 g/mol. The lowest BCUT2D eigenvalue weighted by Crippen LogP contribution is -2.07. The van der Waals surface area contributed by atoms with Gasteiger partial charge in [-0.2, -0.15) is 0 Å². The maximum Gasteiger partial charge on any atom is 0.277 e. The summed E-state index contributed by atoms with van der Waals surface area (Å²) < 4.78 is 0.204. The predicted molar refractivity (Wildman–Crippen MR) is 88.4 cm³/mol. The number of rotatable bonds is 4. The van der Waals surface area contributed by atoms with Gasteiger partial charge in [0.25, 0.3) is 5.56 Å². The van der Waals surface area contributed by atoms with E-state index in [1.54, 1.807) is 24.3 Å². The molecule has 6 nitrogen and oxygen atoms in total. The third-order valence-corrected chi connectivity index (χ3v) is 4.17. The van der Waals surface area contributed by atoms with E-state index in [1.165, 1.54) is 11.8 Å². The molecule has 0 fully saturated rings. The van der Waals surface area contributed by atoms with E-state index in [1.807, 2.05) is 0 Å². The fourth-order valence-corrected chi connectivity index (χ4v) is 3.00. The van der Waals surface area contributed by atoms with Crippen molar-refractivity contribution in [3.63, 3.8) is 0 Å². The van der Waals surface area contributed by atoms with Gasteiger partial charge in [0.1, 0.15) is 5.52 Å². The Bertz CT molecular complexity index is 976. The van der Waals surface area contributed by atoms with Gasteiger partial charge in [-0.3, -0.25) is 14.6 Å². The molecule has 0 radical (unpaired) electrons. The molecule has 3 N–H and O–H groups in total. The first kappa shape index (κ1) is 15.0. The molecule has 0 spiro atoms. The molecule has 3 aromatic rings. The number of thioether (sulfide) groups is 1. The molecule has 2 heterocycles. The number of nitrogens with one attached hydrogen (secondary N) is 3. The van der Waals surface area contributed by atoms with Gasteiger partial charge in [0, 0.05) is 10.6 Å². The Morgan fingerprint density at radius 3 is 2.91 bits per heavy atom. The van der Waals surface area contributed by atoms with Crippen molar-refractivity contribution >= 4 is 52.5 Å². The molecule has 0 saturated carbocycles. The second-order valence-electron chi connectivity index (χ2n) is 4.40. The van der Waals surface area contributed by atoms with Crippen LogP contribution < -0.4 is 5.56 Å². The molecule has 0 aliphatic rings. The lowest BCUT2D eigenvalue weighted by molar-refractivity contribution is 0.102. The molecule has 2 aromatic heterocycles. The second kappa shape index (κ2) is 6.07. The number of nitrogens with zero attached hydrogens (tertiary/aromatic N) is 1. The first-order valence-corrected chi connectivity index (χ1v) is 7.94. The topological polar surface area (TPSA) is 94.4 Å². The van der Waals surface area contributed by atoms with Crippen molar-refractivity contribution in [3.8, 4) is 0 Å². The summed E-state index contributed by atoms with van der Waals surface area (Å²) in [7, 11) is 0. The van der Waals surface area contributed by atoms with Crippen LogP contribution in [0.1, 0.15) is 10.4 Å². The number of aromatic amines is 3. The van der Waals surface area contributed by atoms with E-state index < -0.39 is 0 Å². The van der Waals surface area contributed by atoms with Crippen molar-refractivity contribution in [2.45, 2.75) is 5.16 Å². The standard InChI is InChI=1S/C13H9ClN4O2S2/c14-7-3-1-2-6(4-7)8(19)5-22-13-15-9-10(17-13)16-12(21)18-11(9)20/h1-4H,5H2,(H3,15,16,17,18,20,21). The molecular formula is C13H9ClN4O2S2. The summed E-state index contributed by atoms with van der Waals surface area (Å²) in [6.45, 7) is 0. The lowest BCUT2D eigenvalue weighted by atomic mass is 10.1. The Morgan fingerprint density at radius 2 is 2.14 bits per heavy atom. The van der Waals surface area contributed by atoms with Gasteiger partial charge in [-0.25, -0.2) is 4.98 Å². The first-order chi connectivity index (χ1) is 10.5. The number of carbonyl (C=O) groups excluding carboxylic acids is 1. The molecule has 0 aliphatic carbocycles. The second-order valence-corrected chi connectivity index (χ2v) is 6.20. The van der Waals surface area contributed by atoms with Crippen LogP contribution >= 0.6 is 35.6 Å². The van der Waals surface area contributed by atoms with Gasteiger partial charge in [-0.05, 0) is 24.4 Å². The summed E-state index contributed by atoms with van der Waals surface area (Å²) in [5.41, 5.74) is 0.852. The van der Waals surface area contributed by atoms with Gasteiger partial charge in [-0.15, -0.1) is 0 Å². The first-order valence-electron chi connectivity index (χ1n) is 6.17. The summed E-state index contributed by atoms with van der Waals surface area (Å²) in [6, 6.07) is 6.75. The zero-order valence-corrected chi connectivity index (χ0v) is 13.4. The number of imidazole rings is 1. The van der Waals surface area contributed by atoms with Gasteiger partial charge >= 0.3 is 0 Å². The Balaban J connectivity index is 1.79. The molecule has 112 valence electrons. The number of hydrogen-bond acceptors (Lipinski definition) is 5. The molecule has 0 amide bonds. The fourth-order valence-electron chi connectivity index (χ4n) is 1.86. The summed E-state index contributed by atoms with van der Waals surface area (Å²) in [5.74, 6) is 0.105. The highest BCUT2D eigenvalue weighted by atomic mass is 35.5. The van der Waals surface area contributed by atoms with Crippen LogP contribution in [-0.2, 0) is 0 Å². The number of Topliss-reactive ketones (excluding diaryl/α,β-unsaturated/α-hetero) is 1. The van der Waals surface area contributed by atoms with E-state index in [-0.39, 0.29) is 21.9 Å². The molecule has 0 aliphatic heterocycles. The molecule has 0 bridgehead atoms. The highest BCUT2D eigenvalue weighted by molar-refractivity contribution is 7.99. The van der Waals surface area contributed by atoms with E-state index in [0.29, 0.717) is 26.9 Å². The van der Waals surface area contributed by atoms with Crippen LogP contribution in [0.15, 0.2) is 34.2 Å². The molecular weight excluding hydrogens is 344 g/mol. The SMILES string of the molecule is O=C(CSc1nc2[nH]c(=S)[nH]c(=O)c2[nH]1)c1cccc(Cl)c1. The molecule has 9 heteroatoms. The molecule has 0 unspecified atom stereocenters. The number of fused-ring (bicyclic) bond motifs is 1. The number of ketones is 1. The fraction of sp³-hybridized carbons (Fsp3) is 0.0769. The van der Waals surface area contributed by atoms with E-state index in [2.05, 4.69) is 19.9 Å². The van der Waals surface area contributed by atoms with E-state index in [9.17, 15) is 9.59 Å². The van der Waals surface area contributed by atoms with Crippen LogP contribution in [0.25, 0.3) is 11.2 Å². The lowest BCUT2D eigenvalue weighted by Gasteiger charge is -1.99. The Labute approximate surface area is 138 Å². The summed E-state index contributed by atoms with van der Waals surface area (Å²) in [4.78, 5) is 36.1. The summed E-state index contributed by atoms with van der Waals surface area (Å²) in [6.07, 6.45) is 0. The summed E-state index contributed by atoms with van der Waals surface area (Å²) >= 11 is 11.9. The zero-order valence-electron chi connectivity index (χ0n) is 11.0. The number of H-pyrrole nitrogens is 3. The minimum Gasteiger partial charge on any atom is -0.327 e. The van der Waals surface area contributed by atoms with Crippen LogP contribution in [0.3, 0.4) is 0 Å². The third kappa shape index (κ3) is 3.13. The van der Waals surface area contributed by atoms with Gasteiger partial charge in [-0.1, -0.05) is 35.5 Å². The van der Waals surface area contributed by atoms with E-state index >= 15 is 0 Å². The normalized spacial score (nSPS) is 11.0. The quantitative estimate of drug-likeness (QED) is 0.381. The van der Waals surface area contributed by atoms with E-state index in [0.717, 1.165) is 0 Å². The minimum absolute atomic E-state index is 0.0743. The molecule has 0 atom stereocenters. The third-order valence-electron chi connectivity index (χ3n) is 2.85. The van der Waals surface area contributed by atoms with Crippen LogP contribution in [0, 0.1) is 4.77 Å². The van der Waals surface area contributed by atoms with Crippen molar-refractivity contribution in [1.29, 1.82) is 0 Å². The van der Waals surface area contributed by atoms with Gasteiger partial charge < -0.3 is 9.97 Å². The average Bonchev–Trinajstić information content (AvgIpc) is 2.88. The molecule has 1 aromatic carbocycles. The van der Waals surface area contributed by atoms with Crippen LogP contribution in [-0.4, -0.2) is 31.5 Å². The number of carbonyl (C=O) groups is 1. The van der Waals surface area contributed by atoms with Crippen molar-refractivity contribution in [2.75, 3.05) is 5.75 Å². The molecule has 22 heavy (non-hydrogen) atoms. The highest BCUT2D eigenvalue weighted by Crippen LogP contribution is 2.19. The Morgan fingerprint density at radius 1 is 1.32 bits per heavy atom. The predicted octanol–water partition coefficient (Wildman–Crippen LogP) is 2.94. The molecule has 3 rings (SSSR count). The van der Waals surface area contributed by atoms with Gasteiger partial charge in [0.05, 0.1) is 5.75 Å².